The lowest BCUT2D eigenvalue weighted by Gasteiger charge is -2.22. The van der Waals surface area contributed by atoms with Crippen LogP contribution in [-0.4, -0.2) is 0 Å². The molecule has 0 unspecified atom stereocenters. The Hall–Kier alpha value is -2.41. The molecule has 0 N–H and O–H groups in total. The summed E-state index contributed by atoms with van der Waals surface area (Å²) in [5.41, 5.74) is 8.12. The van der Waals surface area contributed by atoms with Gasteiger partial charge in [-0.15, -0.1) is 0 Å². The largest absolute Gasteiger partial charge is 0.212 e. The van der Waals surface area contributed by atoms with Crippen molar-refractivity contribution in [3.63, 3.8) is 0 Å². The summed E-state index contributed by atoms with van der Waals surface area (Å²) in [6.07, 6.45) is 2.04. The molecule has 3 aromatic rings. The SMILES string of the molecule is [2H]c1c(-c2cccc[n+]2C)c(C)cc2c1C(C)(C)c1ccccc1-2. The second-order valence-electron chi connectivity index (χ2n) is 6.98. The second kappa shape index (κ2) is 4.79. The van der Waals surface area contributed by atoms with Crippen LogP contribution in [0.15, 0.2) is 60.8 Å². The van der Waals surface area contributed by atoms with Crippen LogP contribution in [-0.2, 0) is 12.5 Å². The van der Waals surface area contributed by atoms with E-state index in [2.05, 4.69) is 61.7 Å². The standard InChI is InChI=1S/C22H22N/c1-15-13-18-16-9-5-6-10-19(16)22(2,3)20(18)14-17(15)21-11-7-8-12-23(21)4/h5-14H,1-4H3/q+1/i14D. The van der Waals surface area contributed by atoms with E-state index < -0.39 is 0 Å². The maximum absolute atomic E-state index is 9.02. The molecule has 2 aromatic carbocycles. The highest BCUT2D eigenvalue weighted by Crippen LogP contribution is 2.49. The zero-order valence-corrected chi connectivity index (χ0v) is 14.1. The van der Waals surface area contributed by atoms with E-state index in [1.807, 2.05) is 25.4 Å². The van der Waals surface area contributed by atoms with E-state index in [0.717, 1.165) is 22.4 Å². The monoisotopic (exact) mass is 301 g/mol. The van der Waals surface area contributed by atoms with Gasteiger partial charge in [-0.25, -0.2) is 4.57 Å². The predicted octanol–water partition coefficient (Wildman–Crippen LogP) is 4.79. The van der Waals surface area contributed by atoms with Crippen molar-refractivity contribution in [1.29, 1.82) is 0 Å². The number of rotatable bonds is 1. The summed E-state index contributed by atoms with van der Waals surface area (Å²) in [5.74, 6) is 0. The topological polar surface area (TPSA) is 3.88 Å². The highest BCUT2D eigenvalue weighted by molar-refractivity contribution is 5.84. The average molecular weight is 301 g/mol. The minimum atomic E-state index is -0.140. The highest BCUT2D eigenvalue weighted by atomic mass is 14.9. The molecule has 0 bridgehead atoms. The van der Waals surface area contributed by atoms with Gasteiger partial charge in [-0.05, 0) is 46.8 Å². The zero-order chi connectivity index (χ0) is 17.1. The zero-order valence-electron chi connectivity index (χ0n) is 15.1. The molecule has 114 valence electrons. The average Bonchev–Trinajstić information content (AvgIpc) is 2.77. The number of pyridine rings is 1. The van der Waals surface area contributed by atoms with Crippen molar-refractivity contribution in [2.45, 2.75) is 26.2 Å². The lowest BCUT2D eigenvalue weighted by molar-refractivity contribution is -0.660. The van der Waals surface area contributed by atoms with Crippen LogP contribution in [0.3, 0.4) is 0 Å². The Labute approximate surface area is 139 Å². The minimum Gasteiger partial charge on any atom is -0.201 e. The Kier molecular flexibility index (Phi) is 2.72. The third-order valence-electron chi connectivity index (χ3n) is 5.10. The number of aromatic nitrogens is 1. The van der Waals surface area contributed by atoms with Crippen molar-refractivity contribution in [2.75, 3.05) is 0 Å². The van der Waals surface area contributed by atoms with E-state index >= 15 is 0 Å². The summed E-state index contributed by atoms with van der Waals surface area (Å²) in [6, 6.07) is 17.7. The fourth-order valence-electron chi connectivity index (χ4n) is 3.80. The molecule has 1 heteroatoms. The van der Waals surface area contributed by atoms with E-state index in [1.54, 1.807) is 0 Å². The first-order chi connectivity index (χ1) is 11.4. The van der Waals surface area contributed by atoms with Crippen LogP contribution in [0.1, 0.15) is 31.9 Å². The molecule has 0 atom stereocenters. The molecule has 0 saturated carbocycles. The third-order valence-corrected chi connectivity index (χ3v) is 5.10. The second-order valence-corrected chi connectivity index (χ2v) is 6.98. The van der Waals surface area contributed by atoms with Gasteiger partial charge in [-0.1, -0.05) is 44.2 Å². The van der Waals surface area contributed by atoms with Crippen molar-refractivity contribution >= 4 is 0 Å². The molecule has 1 aromatic heterocycles. The lowest BCUT2D eigenvalue weighted by atomic mass is 9.81. The molecule has 0 radical (unpaired) electrons. The Morgan fingerprint density at radius 1 is 0.913 bits per heavy atom. The van der Waals surface area contributed by atoms with Crippen molar-refractivity contribution in [3.05, 3.63) is 77.5 Å². The van der Waals surface area contributed by atoms with Crippen molar-refractivity contribution in [3.8, 4) is 22.4 Å². The summed E-state index contributed by atoms with van der Waals surface area (Å²) < 4.78 is 11.1. The number of hydrogen-bond donors (Lipinski definition) is 0. The Balaban J connectivity index is 2.08. The fourth-order valence-corrected chi connectivity index (χ4v) is 3.80. The first-order valence-corrected chi connectivity index (χ1v) is 8.12. The first-order valence-electron chi connectivity index (χ1n) is 8.62. The van der Waals surface area contributed by atoms with E-state index in [-0.39, 0.29) is 5.41 Å². The van der Waals surface area contributed by atoms with Crippen LogP contribution in [0.5, 0.6) is 0 Å². The molecular weight excluding hydrogens is 278 g/mol. The van der Waals surface area contributed by atoms with Crippen LogP contribution >= 0.6 is 0 Å². The van der Waals surface area contributed by atoms with Gasteiger partial charge in [-0.2, -0.15) is 0 Å². The van der Waals surface area contributed by atoms with Crippen molar-refractivity contribution in [1.82, 2.24) is 0 Å². The first kappa shape index (κ1) is 13.1. The summed E-state index contributed by atoms with van der Waals surface area (Å²) in [5, 5.41) is 0. The maximum Gasteiger partial charge on any atom is 0.212 e. The van der Waals surface area contributed by atoms with Crippen molar-refractivity contribution in [2.24, 2.45) is 7.05 Å². The number of fused-ring (bicyclic) bond motifs is 3. The summed E-state index contributed by atoms with van der Waals surface area (Å²) in [7, 11) is 2.04. The van der Waals surface area contributed by atoms with E-state index in [1.165, 1.54) is 16.7 Å². The fraction of sp³-hybridized carbons (Fsp3) is 0.227. The Morgan fingerprint density at radius 3 is 2.43 bits per heavy atom. The normalized spacial score (nSPS) is 15.0. The Morgan fingerprint density at radius 2 is 1.65 bits per heavy atom. The molecule has 0 fully saturated rings. The number of nitrogens with zero attached hydrogens (tertiary/aromatic N) is 1. The number of hydrogen-bond acceptors (Lipinski definition) is 0. The van der Waals surface area contributed by atoms with Crippen LogP contribution in [0, 0.1) is 6.92 Å². The molecule has 0 spiro atoms. The lowest BCUT2D eigenvalue weighted by Crippen LogP contribution is -2.30. The molecule has 0 aliphatic heterocycles. The number of aryl methyl sites for hydroxylation is 2. The van der Waals surface area contributed by atoms with Gasteiger partial charge in [0.2, 0.25) is 5.69 Å². The quantitative estimate of drug-likeness (QED) is 0.569. The van der Waals surface area contributed by atoms with Gasteiger partial charge < -0.3 is 0 Å². The van der Waals surface area contributed by atoms with Gasteiger partial charge in [0.25, 0.3) is 0 Å². The van der Waals surface area contributed by atoms with Gasteiger partial charge >= 0.3 is 0 Å². The maximum atomic E-state index is 9.02. The van der Waals surface area contributed by atoms with Crippen LogP contribution < -0.4 is 4.57 Å². The van der Waals surface area contributed by atoms with Crippen molar-refractivity contribution < 1.29 is 5.94 Å². The Bertz CT molecular complexity index is 970. The van der Waals surface area contributed by atoms with Gasteiger partial charge in [0, 0.05) is 23.1 Å². The molecular formula is C22H22N+. The van der Waals surface area contributed by atoms with Gasteiger partial charge in [0.05, 0.1) is 1.37 Å². The van der Waals surface area contributed by atoms with Crippen LogP contribution in [0.4, 0.5) is 0 Å². The molecule has 23 heavy (non-hydrogen) atoms. The highest BCUT2D eigenvalue weighted by Gasteiger charge is 2.36. The summed E-state index contributed by atoms with van der Waals surface area (Å²) in [6.45, 7) is 6.59. The van der Waals surface area contributed by atoms with E-state index in [4.69, 9.17) is 1.37 Å². The minimum absolute atomic E-state index is 0.140. The molecule has 1 aliphatic carbocycles. The molecule has 4 rings (SSSR count). The molecule has 0 saturated heterocycles. The van der Waals surface area contributed by atoms with Crippen LogP contribution in [0.2, 0.25) is 0 Å². The smallest absolute Gasteiger partial charge is 0.201 e. The summed E-state index contributed by atoms with van der Waals surface area (Å²) >= 11 is 0. The number of benzene rings is 2. The van der Waals surface area contributed by atoms with Gasteiger partial charge in [0.15, 0.2) is 6.20 Å². The predicted molar refractivity (Wildman–Crippen MR) is 95.4 cm³/mol. The van der Waals surface area contributed by atoms with Gasteiger partial charge in [0.1, 0.15) is 7.05 Å². The van der Waals surface area contributed by atoms with E-state index in [9.17, 15) is 0 Å². The van der Waals surface area contributed by atoms with E-state index in [0.29, 0.717) is 6.04 Å². The molecule has 1 heterocycles. The van der Waals surface area contributed by atoms with Gasteiger partial charge in [-0.3, -0.25) is 0 Å². The van der Waals surface area contributed by atoms with Crippen LogP contribution in [0.25, 0.3) is 22.4 Å². The molecule has 1 nitrogen and oxygen atoms in total. The third kappa shape index (κ3) is 1.96. The molecule has 0 amide bonds. The molecule has 1 aliphatic rings. The summed E-state index contributed by atoms with van der Waals surface area (Å²) in [4.78, 5) is 0.